The van der Waals surface area contributed by atoms with Crippen LogP contribution in [0.2, 0.25) is 0 Å². The number of hydrogen-bond acceptors (Lipinski definition) is 3. The highest BCUT2D eigenvalue weighted by Crippen LogP contribution is 2.23. The van der Waals surface area contributed by atoms with Crippen molar-refractivity contribution in [2.75, 3.05) is 5.88 Å². The molecule has 0 aliphatic heterocycles. The van der Waals surface area contributed by atoms with Gasteiger partial charge in [0.25, 0.3) is 0 Å². The Kier molecular flexibility index (Phi) is 4.33. The highest BCUT2D eigenvalue weighted by Gasteiger charge is 2.27. The number of halogens is 1. The molecular weight excluding hydrogens is 244 g/mol. The van der Waals surface area contributed by atoms with E-state index in [1.807, 2.05) is 27.7 Å². The van der Waals surface area contributed by atoms with Crippen molar-refractivity contribution in [3.8, 4) is 0 Å². The highest BCUT2D eigenvalue weighted by atomic mass is 35.5. The van der Waals surface area contributed by atoms with Gasteiger partial charge in [-0.3, -0.25) is 4.79 Å². The van der Waals surface area contributed by atoms with Crippen LogP contribution in [-0.2, 0) is 4.79 Å². The monoisotopic (exact) mass is 260 g/mol. The summed E-state index contributed by atoms with van der Waals surface area (Å²) < 4.78 is 0. The first-order valence-corrected chi connectivity index (χ1v) is 6.51. The van der Waals surface area contributed by atoms with Crippen molar-refractivity contribution < 1.29 is 4.79 Å². The van der Waals surface area contributed by atoms with E-state index in [1.54, 1.807) is 17.5 Å². The van der Waals surface area contributed by atoms with Gasteiger partial charge < -0.3 is 5.32 Å². The fraction of sp³-hybridized carbons (Fsp3) is 0.636. The van der Waals surface area contributed by atoms with Crippen LogP contribution in [0.4, 0.5) is 0 Å². The Hall–Kier alpha value is -0.610. The van der Waals surface area contributed by atoms with E-state index in [4.69, 9.17) is 11.6 Å². The summed E-state index contributed by atoms with van der Waals surface area (Å²) >= 11 is 7.35. The maximum absolute atomic E-state index is 11.9. The SMILES string of the molecule is Cc1ncc(C(C)NC(=O)C(C)(C)CCl)s1. The molecule has 0 fully saturated rings. The minimum absolute atomic E-state index is 0.0128. The van der Waals surface area contributed by atoms with Crippen LogP contribution in [0.3, 0.4) is 0 Å². The van der Waals surface area contributed by atoms with Gasteiger partial charge in [-0.05, 0) is 27.7 Å². The van der Waals surface area contributed by atoms with E-state index in [9.17, 15) is 4.79 Å². The molecule has 1 aromatic rings. The number of hydrogen-bond donors (Lipinski definition) is 1. The lowest BCUT2D eigenvalue weighted by molar-refractivity contribution is -0.128. The Balaban J connectivity index is 2.65. The number of alkyl halides is 1. The highest BCUT2D eigenvalue weighted by molar-refractivity contribution is 7.11. The molecule has 3 nitrogen and oxygen atoms in total. The zero-order chi connectivity index (χ0) is 12.3. The maximum atomic E-state index is 11.9. The summed E-state index contributed by atoms with van der Waals surface area (Å²) in [4.78, 5) is 17.1. The topological polar surface area (TPSA) is 42.0 Å². The first kappa shape index (κ1) is 13.5. The summed E-state index contributed by atoms with van der Waals surface area (Å²) in [5.41, 5.74) is -0.532. The number of carbonyl (C=O) groups excluding carboxylic acids is 1. The van der Waals surface area contributed by atoms with Crippen LogP contribution in [0.1, 0.15) is 36.7 Å². The van der Waals surface area contributed by atoms with Crippen molar-refractivity contribution in [3.63, 3.8) is 0 Å². The molecule has 0 bridgehead atoms. The zero-order valence-corrected chi connectivity index (χ0v) is 11.6. The van der Waals surface area contributed by atoms with Gasteiger partial charge in [0.1, 0.15) is 0 Å². The maximum Gasteiger partial charge on any atom is 0.227 e. The van der Waals surface area contributed by atoms with Crippen molar-refractivity contribution in [2.45, 2.75) is 33.7 Å². The predicted molar refractivity (Wildman–Crippen MR) is 67.9 cm³/mol. The second-order valence-corrected chi connectivity index (χ2v) is 6.03. The van der Waals surface area contributed by atoms with E-state index >= 15 is 0 Å². The van der Waals surface area contributed by atoms with Crippen LogP contribution < -0.4 is 5.32 Å². The molecule has 0 spiro atoms. The molecule has 90 valence electrons. The summed E-state index contributed by atoms with van der Waals surface area (Å²) in [6.07, 6.45) is 1.80. The summed E-state index contributed by atoms with van der Waals surface area (Å²) in [5, 5.41) is 3.95. The van der Waals surface area contributed by atoms with Crippen LogP contribution in [-0.4, -0.2) is 16.8 Å². The molecule has 1 amide bonds. The summed E-state index contributed by atoms with van der Waals surface area (Å²) in [6, 6.07) is -0.0128. The van der Waals surface area contributed by atoms with Crippen LogP contribution in [0, 0.1) is 12.3 Å². The molecule has 1 atom stereocenters. The molecular formula is C11H17ClN2OS. The van der Waals surface area contributed by atoms with Gasteiger partial charge in [-0.25, -0.2) is 4.98 Å². The van der Waals surface area contributed by atoms with E-state index in [1.165, 1.54) is 0 Å². The normalized spacial score (nSPS) is 13.6. The molecule has 5 heteroatoms. The number of amides is 1. The Morgan fingerprint density at radius 3 is 2.75 bits per heavy atom. The van der Waals surface area contributed by atoms with Crippen LogP contribution in [0.15, 0.2) is 6.20 Å². The van der Waals surface area contributed by atoms with Crippen molar-refractivity contribution in [1.29, 1.82) is 0 Å². The average molecular weight is 261 g/mol. The van der Waals surface area contributed by atoms with E-state index in [2.05, 4.69) is 10.3 Å². The number of aryl methyl sites for hydroxylation is 1. The number of nitrogens with zero attached hydrogens (tertiary/aromatic N) is 1. The number of rotatable bonds is 4. The number of aromatic nitrogens is 1. The Morgan fingerprint density at radius 1 is 1.69 bits per heavy atom. The molecule has 0 radical (unpaired) electrons. The second-order valence-electron chi connectivity index (χ2n) is 4.49. The molecule has 1 heterocycles. The smallest absolute Gasteiger partial charge is 0.227 e. The molecule has 0 aliphatic rings. The van der Waals surface area contributed by atoms with Gasteiger partial charge in [0.2, 0.25) is 5.91 Å². The molecule has 1 N–H and O–H groups in total. The largest absolute Gasteiger partial charge is 0.348 e. The van der Waals surface area contributed by atoms with Gasteiger partial charge in [-0.15, -0.1) is 22.9 Å². The van der Waals surface area contributed by atoms with Gasteiger partial charge in [0.05, 0.1) is 16.5 Å². The van der Waals surface area contributed by atoms with Crippen molar-refractivity contribution in [1.82, 2.24) is 10.3 Å². The van der Waals surface area contributed by atoms with Gasteiger partial charge >= 0.3 is 0 Å². The number of thiazole rings is 1. The third-order valence-electron chi connectivity index (χ3n) is 2.36. The molecule has 0 aliphatic carbocycles. The second kappa shape index (κ2) is 5.15. The van der Waals surface area contributed by atoms with Gasteiger partial charge in [-0.2, -0.15) is 0 Å². The Bertz CT molecular complexity index is 376. The molecule has 0 saturated carbocycles. The van der Waals surface area contributed by atoms with Gasteiger partial charge in [0.15, 0.2) is 0 Å². The fourth-order valence-electron chi connectivity index (χ4n) is 1.10. The molecule has 1 aromatic heterocycles. The lowest BCUT2D eigenvalue weighted by Gasteiger charge is -2.23. The van der Waals surface area contributed by atoms with E-state index in [0.29, 0.717) is 5.88 Å². The van der Waals surface area contributed by atoms with Crippen LogP contribution in [0.5, 0.6) is 0 Å². The lowest BCUT2D eigenvalue weighted by atomic mass is 9.95. The average Bonchev–Trinajstić information content (AvgIpc) is 2.64. The van der Waals surface area contributed by atoms with Crippen molar-refractivity contribution in [3.05, 3.63) is 16.1 Å². The minimum atomic E-state index is -0.532. The number of nitrogens with one attached hydrogen (secondary N) is 1. The van der Waals surface area contributed by atoms with E-state index in [0.717, 1.165) is 9.88 Å². The van der Waals surface area contributed by atoms with Gasteiger partial charge in [0, 0.05) is 17.0 Å². The minimum Gasteiger partial charge on any atom is -0.348 e. The van der Waals surface area contributed by atoms with Crippen LogP contribution in [0.25, 0.3) is 0 Å². The zero-order valence-electron chi connectivity index (χ0n) is 10.0. The third kappa shape index (κ3) is 3.19. The summed E-state index contributed by atoms with van der Waals surface area (Å²) in [6.45, 7) is 7.57. The van der Waals surface area contributed by atoms with E-state index < -0.39 is 5.41 Å². The fourth-order valence-corrected chi connectivity index (χ4v) is 2.01. The quantitative estimate of drug-likeness (QED) is 0.846. The first-order chi connectivity index (χ1) is 7.36. The summed E-state index contributed by atoms with van der Waals surface area (Å²) in [5.74, 6) is 0.286. The first-order valence-electron chi connectivity index (χ1n) is 5.16. The summed E-state index contributed by atoms with van der Waals surface area (Å²) in [7, 11) is 0. The standard InChI is InChI=1S/C11H17ClN2OS/c1-7(9-5-13-8(2)16-9)14-10(15)11(3,4)6-12/h5,7H,6H2,1-4H3,(H,14,15). The Labute approximate surface area is 105 Å². The molecule has 0 saturated heterocycles. The van der Waals surface area contributed by atoms with Crippen molar-refractivity contribution in [2.24, 2.45) is 5.41 Å². The molecule has 16 heavy (non-hydrogen) atoms. The lowest BCUT2D eigenvalue weighted by Crippen LogP contribution is -2.39. The molecule has 1 rings (SSSR count). The molecule has 1 unspecified atom stereocenters. The van der Waals surface area contributed by atoms with E-state index in [-0.39, 0.29) is 11.9 Å². The Morgan fingerprint density at radius 2 is 2.31 bits per heavy atom. The predicted octanol–water partition coefficient (Wildman–Crippen LogP) is 2.89. The third-order valence-corrected chi connectivity index (χ3v) is 4.13. The van der Waals surface area contributed by atoms with Gasteiger partial charge in [-0.1, -0.05) is 0 Å². The number of carbonyl (C=O) groups is 1. The molecule has 0 aromatic carbocycles. The van der Waals surface area contributed by atoms with Crippen LogP contribution >= 0.6 is 22.9 Å². The van der Waals surface area contributed by atoms with Crippen molar-refractivity contribution >= 4 is 28.8 Å².